The van der Waals surface area contributed by atoms with Crippen molar-refractivity contribution >= 4 is 17.6 Å². The molecule has 190 valence electrons. The number of methoxy groups -OCH3 is 2. The summed E-state index contributed by atoms with van der Waals surface area (Å²) in [6.45, 7) is 5.15. The molecule has 36 heavy (non-hydrogen) atoms. The second-order valence-electron chi connectivity index (χ2n) is 8.44. The van der Waals surface area contributed by atoms with E-state index in [1.54, 1.807) is 56.5 Å². The summed E-state index contributed by atoms with van der Waals surface area (Å²) in [6, 6.07) is 12.3. The van der Waals surface area contributed by atoms with E-state index in [0.717, 1.165) is 30.1 Å². The molecular weight excluding hydrogens is 462 g/mol. The van der Waals surface area contributed by atoms with E-state index in [2.05, 4.69) is 20.5 Å². The number of aromatic nitrogens is 1. The van der Waals surface area contributed by atoms with Gasteiger partial charge in [-0.2, -0.15) is 0 Å². The van der Waals surface area contributed by atoms with Gasteiger partial charge in [-0.1, -0.05) is 0 Å². The molecule has 2 heterocycles. The summed E-state index contributed by atoms with van der Waals surface area (Å²) < 4.78 is 16.5. The van der Waals surface area contributed by atoms with Crippen LogP contribution in [0.1, 0.15) is 21.8 Å². The molecule has 0 radical (unpaired) electrons. The smallest absolute Gasteiger partial charge is 0.322 e. The Labute approximate surface area is 210 Å². The highest BCUT2D eigenvalue weighted by Crippen LogP contribution is 2.29. The van der Waals surface area contributed by atoms with Crippen molar-refractivity contribution in [2.45, 2.75) is 13.5 Å². The highest BCUT2D eigenvalue weighted by atomic mass is 16.5. The monoisotopic (exact) mass is 493 g/mol. The quantitative estimate of drug-likeness (QED) is 0.519. The van der Waals surface area contributed by atoms with Crippen molar-refractivity contribution in [1.29, 1.82) is 0 Å². The number of urea groups is 1. The number of amides is 3. The van der Waals surface area contributed by atoms with Gasteiger partial charge >= 0.3 is 6.03 Å². The predicted octanol–water partition coefficient (Wildman–Crippen LogP) is 3.38. The number of anilines is 1. The minimum Gasteiger partial charge on any atom is -0.497 e. The van der Waals surface area contributed by atoms with Gasteiger partial charge < -0.3 is 29.4 Å². The van der Waals surface area contributed by atoms with Gasteiger partial charge in [0.1, 0.15) is 17.3 Å². The van der Waals surface area contributed by atoms with Crippen molar-refractivity contribution < 1.29 is 23.5 Å². The van der Waals surface area contributed by atoms with Crippen LogP contribution in [0.2, 0.25) is 0 Å². The lowest BCUT2D eigenvalue weighted by atomic mass is 10.1. The lowest BCUT2D eigenvalue weighted by Gasteiger charge is -2.34. The van der Waals surface area contributed by atoms with Crippen LogP contribution in [0, 0.1) is 6.92 Å². The topological polar surface area (TPSA) is 109 Å². The minimum absolute atomic E-state index is 0.137. The summed E-state index contributed by atoms with van der Waals surface area (Å²) in [6.07, 6.45) is 0. The number of piperazine rings is 1. The SMILES string of the molecule is CNC(=O)c1ccc(-c2nc(CN3CCN(C(=O)Nc4ccc(OC)cc4OC)CC3)c(C)o2)cc1. The molecule has 0 unspecified atom stereocenters. The zero-order chi connectivity index (χ0) is 25.7. The summed E-state index contributed by atoms with van der Waals surface area (Å²) in [5, 5.41) is 5.54. The van der Waals surface area contributed by atoms with E-state index in [9.17, 15) is 9.59 Å². The number of benzene rings is 2. The van der Waals surface area contributed by atoms with Gasteiger partial charge in [0, 0.05) is 57.0 Å². The van der Waals surface area contributed by atoms with Crippen molar-refractivity contribution in [1.82, 2.24) is 20.1 Å². The Morgan fingerprint density at radius 3 is 2.39 bits per heavy atom. The number of aryl methyl sites for hydroxylation is 1. The third-order valence-corrected chi connectivity index (χ3v) is 6.20. The first kappa shape index (κ1) is 25.1. The maximum atomic E-state index is 12.8. The number of oxazole rings is 1. The number of carbonyl (C=O) groups excluding carboxylic acids is 2. The van der Waals surface area contributed by atoms with E-state index in [4.69, 9.17) is 13.9 Å². The number of nitrogens with one attached hydrogen (secondary N) is 2. The van der Waals surface area contributed by atoms with E-state index < -0.39 is 0 Å². The van der Waals surface area contributed by atoms with Crippen LogP contribution in [0.4, 0.5) is 10.5 Å². The zero-order valence-electron chi connectivity index (χ0n) is 21.0. The number of carbonyl (C=O) groups is 2. The molecule has 1 fully saturated rings. The number of ether oxygens (including phenoxy) is 2. The summed E-state index contributed by atoms with van der Waals surface area (Å²) in [5.41, 5.74) is 2.85. The molecular formula is C26H31N5O5. The molecule has 0 saturated carbocycles. The van der Waals surface area contributed by atoms with Crippen molar-refractivity contribution in [2.75, 3.05) is 52.8 Å². The van der Waals surface area contributed by atoms with Crippen LogP contribution in [-0.2, 0) is 6.54 Å². The van der Waals surface area contributed by atoms with Gasteiger partial charge in [0.15, 0.2) is 0 Å². The maximum absolute atomic E-state index is 12.8. The molecule has 3 aromatic rings. The van der Waals surface area contributed by atoms with Crippen LogP contribution < -0.4 is 20.1 Å². The predicted molar refractivity (Wildman–Crippen MR) is 135 cm³/mol. The molecule has 1 aliphatic heterocycles. The zero-order valence-corrected chi connectivity index (χ0v) is 21.0. The van der Waals surface area contributed by atoms with Crippen LogP contribution >= 0.6 is 0 Å². The lowest BCUT2D eigenvalue weighted by molar-refractivity contribution is 0.0963. The average Bonchev–Trinajstić information content (AvgIpc) is 3.28. The Hall–Kier alpha value is -4.05. The molecule has 1 aliphatic rings. The summed E-state index contributed by atoms with van der Waals surface area (Å²) >= 11 is 0. The van der Waals surface area contributed by atoms with E-state index in [1.165, 1.54) is 0 Å². The maximum Gasteiger partial charge on any atom is 0.322 e. The molecule has 0 aliphatic carbocycles. The Kier molecular flexibility index (Phi) is 7.74. The molecule has 2 aromatic carbocycles. The average molecular weight is 494 g/mol. The molecule has 0 bridgehead atoms. The Bertz CT molecular complexity index is 1220. The Morgan fingerprint density at radius 1 is 1.03 bits per heavy atom. The van der Waals surface area contributed by atoms with Crippen LogP contribution in [0.15, 0.2) is 46.9 Å². The molecule has 10 heteroatoms. The minimum atomic E-state index is -0.168. The van der Waals surface area contributed by atoms with Gasteiger partial charge in [0.25, 0.3) is 5.91 Å². The van der Waals surface area contributed by atoms with Crippen LogP contribution in [-0.4, -0.2) is 74.2 Å². The number of hydrogen-bond acceptors (Lipinski definition) is 7. The number of rotatable bonds is 7. The molecule has 0 atom stereocenters. The first-order valence-electron chi connectivity index (χ1n) is 11.7. The fraction of sp³-hybridized carbons (Fsp3) is 0.346. The first-order valence-corrected chi connectivity index (χ1v) is 11.7. The molecule has 1 saturated heterocycles. The molecule has 4 rings (SSSR count). The Balaban J connectivity index is 1.33. The van der Waals surface area contributed by atoms with E-state index in [0.29, 0.717) is 48.3 Å². The fourth-order valence-electron chi connectivity index (χ4n) is 4.02. The molecule has 1 aromatic heterocycles. The van der Waals surface area contributed by atoms with Gasteiger partial charge in [0.2, 0.25) is 5.89 Å². The lowest BCUT2D eigenvalue weighted by Crippen LogP contribution is -2.49. The van der Waals surface area contributed by atoms with Crippen LogP contribution in [0.5, 0.6) is 11.5 Å². The van der Waals surface area contributed by atoms with Crippen molar-refractivity contribution in [2.24, 2.45) is 0 Å². The molecule has 10 nitrogen and oxygen atoms in total. The fourth-order valence-corrected chi connectivity index (χ4v) is 4.02. The third-order valence-electron chi connectivity index (χ3n) is 6.20. The van der Waals surface area contributed by atoms with Crippen molar-refractivity contribution in [3.05, 3.63) is 59.5 Å². The standard InChI is InChI=1S/C26H31N5O5/c1-17-22(28-25(36-17)19-7-5-18(6-8-19)24(32)27-2)16-30-11-13-31(14-12-30)26(33)29-21-10-9-20(34-3)15-23(21)35-4/h5-10,15H,11-14,16H2,1-4H3,(H,27,32)(H,29,33). The molecule has 0 spiro atoms. The van der Waals surface area contributed by atoms with Gasteiger partial charge in [0.05, 0.1) is 25.6 Å². The normalized spacial score (nSPS) is 13.8. The second-order valence-corrected chi connectivity index (χ2v) is 8.44. The third kappa shape index (κ3) is 5.60. The van der Waals surface area contributed by atoms with Crippen LogP contribution in [0.3, 0.4) is 0 Å². The summed E-state index contributed by atoms with van der Waals surface area (Å²) in [5.74, 6) is 2.35. The highest BCUT2D eigenvalue weighted by molar-refractivity contribution is 5.94. The van der Waals surface area contributed by atoms with Gasteiger partial charge in [-0.3, -0.25) is 9.69 Å². The largest absolute Gasteiger partial charge is 0.497 e. The van der Waals surface area contributed by atoms with Crippen molar-refractivity contribution in [3.63, 3.8) is 0 Å². The van der Waals surface area contributed by atoms with Crippen LogP contribution in [0.25, 0.3) is 11.5 Å². The number of nitrogens with zero attached hydrogens (tertiary/aromatic N) is 3. The second kappa shape index (κ2) is 11.1. The van der Waals surface area contributed by atoms with Crippen molar-refractivity contribution in [3.8, 4) is 23.0 Å². The summed E-state index contributed by atoms with van der Waals surface area (Å²) in [4.78, 5) is 33.3. The highest BCUT2D eigenvalue weighted by Gasteiger charge is 2.24. The first-order chi connectivity index (χ1) is 17.4. The van der Waals surface area contributed by atoms with E-state index in [-0.39, 0.29) is 11.9 Å². The molecule has 3 amide bonds. The van der Waals surface area contributed by atoms with Gasteiger partial charge in [-0.25, -0.2) is 9.78 Å². The summed E-state index contributed by atoms with van der Waals surface area (Å²) in [7, 11) is 4.74. The number of hydrogen-bond donors (Lipinski definition) is 2. The van der Waals surface area contributed by atoms with E-state index in [1.807, 2.05) is 19.1 Å². The molecule has 2 N–H and O–H groups in total. The Morgan fingerprint density at radius 2 is 1.75 bits per heavy atom. The van der Waals surface area contributed by atoms with Gasteiger partial charge in [-0.05, 0) is 43.3 Å². The van der Waals surface area contributed by atoms with E-state index >= 15 is 0 Å². The van der Waals surface area contributed by atoms with Gasteiger partial charge in [-0.15, -0.1) is 0 Å².